The molecule has 0 fully saturated rings. The van der Waals surface area contributed by atoms with Crippen LogP contribution in [-0.2, 0) is 6.54 Å². The number of rotatable bonds is 2. The van der Waals surface area contributed by atoms with E-state index in [-0.39, 0.29) is 0 Å². The largest absolute Gasteiger partial charge is 0.458 e. The molecule has 4 rings (SSSR count). The maximum atomic E-state index is 5.93. The molecule has 0 bridgehead atoms. The van der Waals surface area contributed by atoms with Gasteiger partial charge in [0.15, 0.2) is 5.82 Å². The first-order valence-electron chi connectivity index (χ1n) is 6.30. The number of aromatic nitrogens is 5. The average molecular weight is 265 g/mol. The molecule has 3 aromatic heterocycles. The van der Waals surface area contributed by atoms with Crippen molar-refractivity contribution in [1.82, 2.24) is 25.2 Å². The van der Waals surface area contributed by atoms with Gasteiger partial charge in [-0.15, -0.1) is 10.2 Å². The Labute approximate surface area is 114 Å². The number of hydrogen-bond acceptors (Lipinski definition) is 5. The highest BCUT2D eigenvalue weighted by Crippen LogP contribution is 2.26. The van der Waals surface area contributed by atoms with Crippen LogP contribution in [0.4, 0.5) is 0 Å². The first kappa shape index (κ1) is 11.1. The normalized spacial score (nSPS) is 11.4. The number of aryl methyl sites for hydroxylation is 1. The van der Waals surface area contributed by atoms with Gasteiger partial charge in [0, 0.05) is 17.0 Å². The van der Waals surface area contributed by atoms with Gasteiger partial charge in [-0.1, -0.05) is 12.1 Å². The van der Waals surface area contributed by atoms with Crippen molar-refractivity contribution in [2.45, 2.75) is 13.5 Å². The Balaban J connectivity index is 1.84. The molecule has 0 aliphatic heterocycles. The van der Waals surface area contributed by atoms with Gasteiger partial charge in [0.25, 0.3) is 0 Å². The molecule has 0 aliphatic carbocycles. The minimum absolute atomic E-state index is 0.462. The fourth-order valence-electron chi connectivity index (χ4n) is 2.29. The van der Waals surface area contributed by atoms with Gasteiger partial charge in [0.1, 0.15) is 17.9 Å². The fourth-order valence-corrected chi connectivity index (χ4v) is 2.29. The summed E-state index contributed by atoms with van der Waals surface area (Å²) >= 11 is 0. The van der Waals surface area contributed by atoms with Gasteiger partial charge in [-0.3, -0.25) is 4.98 Å². The maximum absolute atomic E-state index is 5.93. The molecule has 0 amide bonds. The molecule has 0 atom stereocenters. The highest BCUT2D eigenvalue weighted by molar-refractivity contribution is 6.01. The Hall–Kier alpha value is -2.76. The number of tetrazole rings is 1. The predicted octanol–water partition coefficient (Wildman–Crippen LogP) is 2.32. The van der Waals surface area contributed by atoms with Crippen molar-refractivity contribution in [3.05, 3.63) is 48.1 Å². The molecular weight excluding hydrogens is 254 g/mol. The van der Waals surface area contributed by atoms with Crippen LogP contribution in [0, 0.1) is 6.92 Å². The summed E-state index contributed by atoms with van der Waals surface area (Å²) in [5.74, 6) is 1.43. The molecule has 20 heavy (non-hydrogen) atoms. The van der Waals surface area contributed by atoms with Crippen molar-refractivity contribution in [1.29, 1.82) is 0 Å². The lowest BCUT2D eigenvalue weighted by Gasteiger charge is -1.96. The first-order valence-corrected chi connectivity index (χ1v) is 6.30. The number of pyridine rings is 1. The van der Waals surface area contributed by atoms with E-state index in [9.17, 15) is 0 Å². The molecule has 0 aliphatic rings. The van der Waals surface area contributed by atoms with Crippen LogP contribution >= 0.6 is 0 Å². The van der Waals surface area contributed by atoms with E-state index in [0.29, 0.717) is 12.4 Å². The molecule has 0 N–H and O–H groups in total. The summed E-state index contributed by atoms with van der Waals surface area (Å²) in [6.45, 7) is 2.27. The van der Waals surface area contributed by atoms with E-state index in [1.165, 1.54) is 4.80 Å². The van der Waals surface area contributed by atoms with Crippen molar-refractivity contribution in [3.8, 4) is 0 Å². The highest BCUT2D eigenvalue weighted by Gasteiger charge is 2.09. The maximum Gasteiger partial charge on any atom is 0.171 e. The van der Waals surface area contributed by atoms with Gasteiger partial charge < -0.3 is 4.42 Å². The van der Waals surface area contributed by atoms with E-state index in [4.69, 9.17) is 4.42 Å². The fraction of sp³-hybridized carbons (Fsp3) is 0.143. The van der Waals surface area contributed by atoms with E-state index < -0.39 is 0 Å². The van der Waals surface area contributed by atoms with E-state index in [1.807, 2.05) is 36.5 Å². The van der Waals surface area contributed by atoms with Crippen LogP contribution in [0.2, 0.25) is 0 Å². The van der Waals surface area contributed by atoms with Crippen LogP contribution in [-0.4, -0.2) is 25.2 Å². The number of fused-ring (bicyclic) bond motifs is 3. The van der Waals surface area contributed by atoms with Crippen LogP contribution in [0.5, 0.6) is 0 Å². The van der Waals surface area contributed by atoms with Gasteiger partial charge in [0.05, 0.1) is 5.52 Å². The summed E-state index contributed by atoms with van der Waals surface area (Å²) in [7, 11) is 0. The number of nitrogens with zero attached hydrogens (tertiary/aromatic N) is 5. The van der Waals surface area contributed by atoms with Crippen LogP contribution in [0.15, 0.2) is 40.9 Å². The van der Waals surface area contributed by atoms with Crippen molar-refractivity contribution in [3.63, 3.8) is 0 Å². The Bertz CT molecular complexity index is 908. The zero-order chi connectivity index (χ0) is 13.5. The molecule has 6 heteroatoms. The van der Waals surface area contributed by atoms with Crippen LogP contribution in [0.1, 0.15) is 11.6 Å². The van der Waals surface area contributed by atoms with Gasteiger partial charge >= 0.3 is 0 Å². The topological polar surface area (TPSA) is 69.6 Å². The second-order valence-electron chi connectivity index (χ2n) is 4.64. The molecule has 0 unspecified atom stereocenters. The molecule has 1 aromatic carbocycles. The van der Waals surface area contributed by atoms with Gasteiger partial charge in [-0.2, -0.15) is 4.80 Å². The zero-order valence-corrected chi connectivity index (χ0v) is 10.8. The van der Waals surface area contributed by atoms with Crippen LogP contribution in [0.25, 0.3) is 21.9 Å². The number of furan rings is 1. The van der Waals surface area contributed by atoms with E-state index in [1.54, 1.807) is 6.92 Å². The molecule has 3 heterocycles. The quantitative estimate of drug-likeness (QED) is 0.556. The van der Waals surface area contributed by atoms with Gasteiger partial charge in [-0.25, -0.2) is 0 Å². The smallest absolute Gasteiger partial charge is 0.171 e. The van der Waals surface area contributed by atoms with Gasteiger partial charge in [0.2, 0.25) is 0 Å². The lowest BCUT2D eigenvalue weighted by Crippen LogP contribution is -2.02. The second kappa shape index (κ2) is 4.12. The molecule has 6 nitrogen and oxygen atoms in total. The highest BCUT2D eigenvalue weighted by atomic mass is 16.3. The number of hydrogen-bond donors (Lipinski definition) is 0. The standard InChI is InChI=1S/C14H11N5O/c1-9-16-18-19(17-9)8-11-6-10-7-15-13-5-3-2-4-12(13)14(10)20-11/h2-7H,8H2,1H3. The van der Waals surface area contributed by atoms with Crippen LogP contribution < -0.4 is 0 Å². The van der Waals surface area contributed by atoms with Crippen molar-refractivity contribution >= 4 is 21.9 Å². The average Bonchev–Trinajstić information content (AvgIpc) is 3.05. The van der Waals surface area contributed by atoms with Crippen molar-refractivity contribution in [2.75, 3.05) is 0 Å². The lowest BCUT2D eigenvalue weighted by atomic mass is 10.2. The van der Waals surface area contributed by atoms with E-state index >= 15 is 0 Å². The van der Waals surface area contributed by atoms with Crippen molar-refractivity contribution < 1.29 is 4.42 Å². The van der Waals surface area contributed by atoms with Gasteiger partial charge in [-0.05, 0) is 30.3 Å². The second-order valence-corrected chi connectivity index (χ2v) is 4.64. The Morgan fingerprint density at radius 1 is 1.25 bits per heavy atom. The summed E-state index contributed by atoms with van der Waals surface area (Å²) in [5.41, 5.74) is 1.78. The zero-order valence-electron chi connectivity index (χ0n) is 10.8. The summed E-state index contributed by atoms with van der Waals surface area (Å²) in [4.78, 5) is 5.94. The molecule has 4 aromatic rings. The number of benzene rings is 1. The third-order valence-electron chi connectivity index (χ3n) is 3.15. The Morgan fingerprint density at radius 2 is 2.15 bits per heavy atom. The molecule has 0 radical (unpaired) electrons. The summed E-state index contributed by atoms with van der Waals surface area (Å²) in [6, 6.07) is 9.89. The monoisotopic (exact) mass is 265 g/mol. The molecule has 0 saturated carbocycles. The number of para-hydroxylation sites is 1. The Kier molecular flexibility index (Phi) is 2.29. The van der Waals surface area contributed by atoms with Crippen LogP contribution in [0.3, 0.4) is 0 Å². The molecule has 98 valence electrons. The summed E-state index contributed by atoms with van der Waals surface area (Å²) < 4.78 is 5.93. The minimum atomic E-state index is 0.462. The summed E-state index contributed by atoms with van der Waals surface area (Å²) in [5, 5.41) is 13.9. The molecule has 0 saturated heterocycles. The van der Waals surface area contributed by atoms with E-state index in [0.717, 1.165) is 27.6 Å². The minimum Gasteiger partial charge on any atom is -0.458 e. The van der Waals surface area contributed by atoms with Crippen molar-refractivity contribution in [2.24, 2.45) is 0 Å². The summed E-state index contributed by atoms with van der Waals surface area (Å²) in [6.07, 6.45) is 1.82. The third-order valence-corrected chi connectivity index (χ3v) is 3.15. The predicted molar refractivity (Wildman–Crippen MR) is 73.2 cm³/mol. The lowest BCUT2D eigenvalue weighted by molar-refractivity contribution is 0.475. The molecule has 0 spiro atoms. The SMILES string of the molecule is Cc1nnn(Cc2cc3cnc4ccccc4c3o2)n1. The Morgan fingerprint density at radius 3 is 3.00 bits per heavy atom. The third kappa shape index (κ3) is 1.73. The first-order chi connectivity index (χ1) is 9.79. The molecular formula is C14H11N5O. The van der Waals surface area contributed by atoms with E-state index in [2.05, 4.69) is 20.4 Å².